The minimum atomic E-state index is -4.33. The third-order valence-electron chi connectivity index (χ3n) is 8.46. The number of hydrogen-bond donors (Lipinski definition) is 4. The molecule has 5 N–H and O–H groups in total. The molecule has 8 nitrogen and oxygen atoms in total. The molecule has 9 heteroatoms. The molecule has 0 aromatic rings. The van der Waals surface area contributed by atoms with Crippen LogP contribution in [0, 0.1) is 0 Å². The van der Waals surface area contributed by atoms with E-state index >= 15 is 0 Å². The van der Waals surface area contributed by atoms with Crippen LogP contribution in [0.25, 0.3) is 0 Å². The Kier molecular flexibility index (Phi) is 34.6. The first-order valence-electron chi connectivity index (χ1n) is 19.6. The van der Waals surface area contributed by atoms with Gasteiger partial charge in [-0.3, -0.25) is 13.8 Å². The van der Waals surface area contributed by atoms with E-state index in [0.717, 1.165) is 51.4 Å². The fourth-order valence-corrected chi connectivity index (χ4v) is 6.21. The molecule has 1 amide bonds. The Hall–Kier alpha value is -1.28. The second-order valence-electron chi connectivity index (χ2n) is 13.1. The van der Waals surface area contributed by atoms with E-state index in [2.05, 4.69) is 43.5 Å². The molecule has 0 aromatic heterocycles. The second-order valence-corrected chi connectivity index (χ2v) is 14.6. The Bertz CT molecular complexity index is 850. The molecule has 0 fully saturated rings. The summed E-state index contributed by atoms with van der Waals surface area (Å²) >= 11 is 0. The summed E-state index contributed by atoms with van der Waals surface area (Å²) in [5.41, 5.74) is 5.35. The highest BCUT2D eigenvalue weighted by Crippen LogP contribution is 2.43. The number of aliphatic hydroxyl groups excluding tert-OH is 1. The van der Waals surface area contributed by atoms with Crippen LogP contribution in [0.15, 0.2) is 36.5 Å². The van der Waals surface area contributed by atoms with Gasteiger partial charge in [0.15, 0.2) is 0 Å². The van der Waals surface area contributed by atoms with Crippen LogP contribution in [-0.2, 0) is 18.4 Å². The van der Waals surface area contributed by atoms with E-state index in [1.165, 1.54) is 103 Å². The number of phosphoric ester groups is 1. The number of unbranched alkanes of at least 4 members (excludes halogenated alkanes) is 20. The summed E-state index contributed by atoms with van der Waals surface area (Å²) in [7, 11) is -4.33. The van der Waals surface area contributed by atoms with Gasteiger partial charge in [-0.15, -0.1) is 0 Å². The molecule has 0 rings (SSSR count). The number of carbonyl (C=O) groups excluding carboxylic acids is 1. The number of rotatable bonds is 36. The van der Waals surface area contributed by atoms with Gasteiger partial charge >= 0.3 is 7.82 Å². The number of hydrogen-bond acceptors (Lipinski definition) is 6. The van der Waals surface area contributed by atoms with Gasteiger partial charge in [0.05, 0.1) is 25.4 Å². The standard InChI is InChI=1S/C39H75N2O6P/c1-3-5-7-9-11-13-15-17-18-19-20-21-23-25-27-29-31-33-39(43)41-37(36-47-48(44,45)46-35-34-40)38(42)32-30-28-26-24-22-16-14-12-10-8-6-4-2/h11,13,17-18,30,32,37-38,42H,3-10,12,14-16,19-29,31,33-36,40H2,1-2H3,(H,41,43)(H,44,45)/b13-11-,18-17-,32-30+. The molecule has 0 aromatic carbocycles. The summed E-state index contributed by atoms with van der Waals surface area (Å²) in [4.78, 5) is 22.6. The van der Waals surface area contributed by atoms with Crippen molar-refractivity contribution in [3.05, 3.63) is 36.5 Å². The summed E-state index contributed by atoms with van der Waals surface area (Å²) in [5, 5.41) is 13.6. The van der Waals surface area contributed by atoms with Crippen molar-refractivity contribution in [1.29, 1.82) is 0 Å². The molecule has 0 saturated carbocycles. The van der Waals surface area contributed by atoms with Crippen molar-refractivity contribution in [3.63, 3.8) is 0 Å². The minimum Gasteiger partial charge on any atom is -0.387 e. The van der Waals surface area contributed by atoms with Crippen molar-refractivity contribution in [1.82, 2.24) is 5.32 Å². The Morgan fingerprint density at radius 3 is 1.69 bits per heavy atom. The number of allylic oxidation sites excluding steroid dienone is 5. The Morgan fingerprint density at radius 1 is 0.688 bits per heavy atom. The highest BCUT2D eigenvalue weighted by atomic mass is 31.2. The zero-order valence-corrected chi connectivity index (χ0v) is 31.9. The van der Waals surface area contributed by atoms with E-state index in [1.54, 1.807) is 6.08 Å². The van der Waals surface area contributed by atoms with E-state index in [9.17, 15) is 19.4 Å². The molecule has 0 heterocycles. The number of nitrogens with one attached hydrogen (secondary N) is 1. The molecular formula is C39H75N2O6P. The zero-order valence-electron chi connectivity index (χ0n) is 31.0. The highest BCUT2D eigenvalue weighted by Gasteiger charge is 2.26. The summed E-state index contributed by atoms with van der Waals surface area (Å²) in [5.74, 6) is -0.205. The van der Waals surface area contributed by atoms with Crippen molar-refractivity contribution >= 4 is 13.7 Å². The van der Waals surface area contributed by atoms with Crippen LogP contribution in [0.4, 0.5) is 0 Å². The van der Waals surface area contributed by atoms with Crippen LogP contribution in [0.1, 0.15) is 174 Å². The van der Waals surface area contributed by atoms with Crippen molar-refractivity contribution < 1.29 is 28.4 Å². The number of carbonyl (C=O) groups is 1. The molecule has 0 radical (unpaired) electrons. The lowest BCUT2D eigenvalue weighted by Gasteiger charge is -2.23. The molecule has 0 aliphatic carbocycles. The minimum absolute atomic E-state index is 0.0765. The largest absolute Gasteiger partial charge is 0.472 e. The molecule has 3 atom stereocenters. The van der Waals surface area contributed by atoms with Gasteiger partial charge in [-0.25, -0.2) is 4.57 Å². The maximum Gasteiger partial charge on any atom is 0.472 e. The lowest BCUT2D eigenvalue weighted by molar-refractivity contribution is -0.123. The molecule has 0 saturated heterocycles. The zero-order chi connectivity index (χ0) is 35.4. The van der Waals surface area contributed by atoms with Crippen molar-refractivity contribution in [2.24, 2.45) is 5.73 Å². The van der Waals surface area contributed by atoms with Gasteiger partial charge in [-0.05, 0) is 51.4 Å². The summed E-state index contributed by atoms with van der Waals surface area (Å²) in [6.45, 7) is 4.08. The quantitative estimate of drug-likeness (QED) is 0.0291. The lowest BCUT2D eigenvalue weighted by Crippen LogP contribution is -2.45. The molecular weight excluding hydrogens is 623 g/mol. The molecule has 0 spiro atoms. The van der Waals surface area contributed by atoms with E-state index in [4.69, 9.17) is 14.8 Å². The average Bonchev–Trinajstić information content (AvgIpc) is 3.07. The SMILES string of the molecule is CCCCC/C=C\C/C=C\CCCCCCCCCC(=O)NC(COP(=O)(O)OCCN)C(O)/C=C/CCCCCCCCCCCC. The predicted octanol–water partition coefficient (Wildman–Crippen LogP) is 10.4. The normalized spacial score (nSPS) is 14.7. The van der Waals surface area contributed by atoms with Gasteiger partial charge in [-0.1, -0.05) is 153 Å². The van der Waals surface area contributed by atoms with Gasteiger partial charge < -0.3 is 21.1 Å². The van der Waals surface area contributed by atoms with E-state index in [1.807, 2.05) is 6.08 Å². The van der Waals surface area contributed by atoms with Crippen LogP contribution >= 0.6 is 7.82 Å². The summed E-state index contributed by atoms with van der Waals surface area (Å²) in [6, 6.07) is -0.862. The van der Waals surface area contributed by atoms with Crippen molar-refractivity contribution in [2.45, 2.75) is 187 Å². The van der Waals surface area contributed by atoms with Gasteiger partial charge in [0.1, 0.15) is 0 Å². The monoisotopic (exact) mass is 699 g/mol. The van der Waals surface area contributed by atoms with Crippen LogP contribution in [0.2, 0.25) is 0 Å². The highest BCUT2D eigenvalue weighted by molar-refractivity contribution is 7.47. The topological polar surface area (TPSA) is 131 Å². The van der Waals surface area contributed by atoms with E-state index in [-0.39, 0.29) is 25.7 Å². The Balaban J connectivity index is 4.29. The molecule has 0 bridgehead atoms. The second kappa shape index (κ2) is 35.5. The number of phosphoric acid groups is 1. The first-order chi connectivity index (χ1) is 23.4. The lowest BCUT2D eigenvalue weighted by atomic mass is 10.1. The molecule has 0 aliphatic rings. The van der Waals surface area contributed by atoms with Crippen molar-refractivity contribution in [3.8, 4) is 0 Å². The fourth-order valence-electron chi connectivity index (χ4n) is 5.45. The van der Waals surface area contributed by atoms with Gasteiger partial charge in [0.2, 0.25) is 5.91 Å². The number of nitrogens with two attached hydrogens (primary N) is 1. The molecule has 0 aliphatic heterocycles. The van der Waals surface area contributed by atoms with Crippen LogP contribution in [0.3, 0.4) is 0 Å². The maximum atomic E-state index is 12.7. The number of aliphatic hydroxyl groups is 1. The molecule has 282 valence electrons. The van der Waals surface area contributed by atoms with Crippen molar-refractivity contribution in [2.75, 3.05) is 19.8 Å². The fraction of sp³-hybridized carbons (Fsp3) is 0.821. The Labute approximate surface area is 295 Å². The van der Waals surface area contributed by atoms with Crippen LogP contribution < -0.4 is 11.1 Å². The Morgan fingerprint density at radius 2 is 1.15 bits per heavy atom. The van der Waals surface area contributed by atoms with Gasteiger partial charge in [0, 0.05) is 13.0 Å². The first-order valence-corrected chi connectivity index (χ1v) is 21.1. The summed E-state index contributed by atoms with van der Waals surface area (Å²) in [6.07, 6.45) is 40.4. The third-order valence-corrected chi connectivity index (χ3v) is 9.44. The molecule has 3 unspecified atom stereocenters. The predicted molar refractivity (Wildman–Crippen MR) is 203 cm³/mol. The van der Waals surface area contributed by atoms with E-state index in [0.29, 0.717) is 6.42 Å². The smallest absolute Gasteiger partial charge is 0.387 e. The molecule has 48 heavy (non-hydrogen) atoms. The van der Waals surface area contributed by atoms with Gasteiger partial charge in [0.25, 0.3) is 0 Å². The third kappa shape index (κ3) is 33.2. The first kappa shape index (κ1) is 46.7. The van der Waals surface area contributed by atoms with Crippen LogP contribution in [-0.4, -0.2) is 47.8 Å². The van der Waals surface area contributed by atoms with E-state index < -0.39 is 20.0 Å². The maximum absolute atomic E-state index is 12.7. The average molecular weight is 699 g/mol. The van der Waals surface area contributed by atoms with Crippen LogP contribution in [0.5, 0.6) is 0 Å². The summed E-state index contributed by atoms with van der Waals surface area (Å²) < 4.78 is 22.0. The number of amides is 1. The van der Waals surface area contributed by atoms with Gasteiger partial charge in [-0.2, -0.15) is 0 Å².